The van der Waals surface area contributed by atoms with Gasteiger partial charge in [-0.2, -0.15) is 0 Å². The zero-order valence-corrected chi connectivity index (χ0v) is 31.5. The molecule has 4 aromatic carbocycles. The quantitative estimate of drug-likeness (QED) is 0.146. The first-order valence-electron chi connectivity index (χ1n) is 17.5. The summed E-state index contributed by atoms with van der Waals surface area (Å²) >= 11 is 0. The summed E-state index contributed by atoms with van der Waals surface area (Å²) in [5.74, 6) is 0.718. The third kappa shape index (κ3) is 8.89. The Morgan fingerprint density at radius 2 is 0.771 bits per heavy atom. The van der Waals surface area contributed by atoms with Crippen molar-refractivity contribution < 1.29 is 10.2 Å². The molecule has 4 N–H and O–H groups in total. The van der Waals surface area contributed by atoms with Crippen molar-refractivity contribution in [1.82, 2.24) is 10.6 Å². The summed E-state index contributed by atoms with van der Waals surface area (Å²) in [7, 11) is 0. The van der Waals surface area contributed by atoms with Gasteiger partial charge in [-0.3, -0.25) is 0 Å². The molecule has 0 radical (unpaired) electrons. The third-order valence-electron chi connectivity index (χ3n) is 9.40. The molecule has 0 bridgehead atoms. The van der Waals surface area contributed by atoms with Crippen LogP contribution in [0.15, 0.2) is 84.9 Å². The van der Waals surface area contributed by atoms with Crippen molar-refractivity contribution in [2.75, 3.05) is 0 Å². The number of hydrogen-bond donors (Lipinski definition) is 4. The highest BCUT2D eigenvalue weighted by Gasteiger charge is 2.29. The number of phenols is 2. The lowest BCUT2D eigenvalue weighted by atomic mass is 9.78. The maximum Gasteiger partial charge on any atom is 0.123 e. The average molecular weight is 649 g/mol. The Hall–Kier alpha value is -3.60. The van der Waals surface area contributed by atoms with Crippen LogP contribution in [0.1, 0.15) is 140 Å². The minimum absolute atomic E-state index is 0.0646. The smallest absolute Gasteiger partial charge is 0.123 e. The Morgan fingerprint density at radius 1 is 0.458 bits per heavy atom. The second-order valence-corrected chi connectivity index (χ2v) is 17.6. The highest BCUT2D eigenvalue weighted by Crippen LogP contribution is 2.40. The van der Waals surface area contributed by atoms with Gasteiger partial charge in [0.2, 0.25) is 0 Å². The van der Waals surface area contributed by atoms with E-state index in [0.717, 1.165) is 33.4 Å². The summed E-state index contributed by atoms with van der Waals surface area (Å²) < 4.78 is 0. The fourth-order valence-corrected chi connectivity index (χ4v) is 6.28. The molecule has 0 fully saturated rings. The fraction of sp³-hybridized carbons (Fsp3) is 0.455. The van der Waals surface area contributed by atoms with E-state index < -0.39 is 0 Å². The van der Waals surface area contributed by atoms with E-state index in [0.29, 0.717) is 24.6 Å². The molecule has 0 aromatic heterocycles. The summed E-state index contributed by atoms with van der Waals surface area (Å²) in [6.45, 7) is 27.2. The standard InChI is InChI=1S/C44H60N2O2/c1-41(2,3)33-23-31(39(47)35(25-33)43(7,8)9)27-45-37(29-19-15-13-16-20-29)38(30-21-17-14-18-22-30)46-28-32-24-34(42(4,5)6)26-36(40(32)48)44(10,11)12/h13-26,37-38,45-48H,27-28H2,1-12H3/t37-,38-/m0/s1. The first-order chi connectivity index (χ1) is 22.2. The van der Waals surface area contributed by atoms with Crippen LogP contribution in [0.3, 0.4) is 0 Å². The van der Waals surface area contributed by atoms with E-state index >= 15 is 0 Å². The van der Waals surface area contributed by atoms with Crippen molar-refractivity contribution in [3.05, 3.63) is 129 Å². The molecule has 4 nitrogen and oxygen atoms in total. The van der Waals surface area contributed by atoms with Crippen LogP contribution < -0.4 is 10.6 Å². The lowest BCUT2D eigenvalue weighted by Gasteiger charge is -2.32. The first-order valence-corrected chi connectivity index (χ1v) is 17.5. The van der Waals surface area contributed by atoms with E-state index in [9.17, 15) is 10.2 Å². The van der Waals surface area contributed by atoms with Crippen LogP contribution in [0.5, 0.6) is 11.5 Å². The van der Waals surface area contributed by atoms with Crippen molar-refractivity contribution in [1.29, 1.82) is 0 Å². The van der Waals surface area contributed by atoms with Gasteiger partial charge in [-0.15, -0.1) is 0 Å². The van der Waals surface area contributed by atoms with Crippen LogP contribution in [-0.2, 0) is 34.7 Å². The van der Waals surface area contributed by atoms with Gasteiger partial charge >= 0.3 is 0 Å². The van der Waals surface area contributed by atoms with E-state index in [1.807, 2.05) is 12.1 Å². The van der Waals surface area contributed by atoms with Crippen LogP contribution >= 0.6 is 0 Å². The van der Waals surface area contributed by atoms with Gasteiger partial charge < -0.3 is 20.8 Å². The Morgan fingerprint density at radius 3 is 1.04 bits per heavy atom. The Bertz CT molecular complexity index is 1540. The van der Waals surface area contributed by atoms with Crippen molar-refractivity contribution in [2.45, 2.75) is 130 Å². The molecule has 0 aliphatic carbocycles. The number of phenolic OH excluding ortho intramolecular Hbond substituents is 2. The summed E-state index contributed by atoms with van der Waals surface area (Å²) in [5.41, 5.74) is 7.87. The zero-order valence-electron chi connectivity index (χ0n) is 31.5. The molecule has 48 heavy (non-hydrogen) atoms. The highest BCUT2D eigenvalue weighted by molar-refractivity contribution is 5.50. The van der Waals surface area contributed by atoms with Crippen molar-refractivity contribution in [3.8, 4) is 11.5 Å². The number of rotatable bonds is 9. The molecule has 4 heteroatoms. The van der Waals surface area contributed by atoms with Crippen LogP contribution in [0.4, 0.5) is 0 Å². The van der Waals surface area contributed by atoms with Crippen LogP contribution in [0.2, 0.25) is 0 Å². The van der Waals surface area contributed by atoms with E-state index in [2.05, 4.69) is 167 Å². The van der Waals surface area contributed by atoms with Gasteiger partial charge in [0.25, 0.3) is 0 Å². The summed E-state index contributed by atoms with van der Waals surface area (Å²) in [6.07, 6.45) is 0. The van der Waals surface area contributed by atoms with E-state index in [4.69, 9.17) is 0 Å². The SMILES string of the molecule is CC(C)(C)c1cc(CN[C@@H](c2ccccc2)[C@@H](NCc2cc(C(C)(C)C)cc(C(C)(C)C)c2O)c2ccccc2)c(O)c(C(C)(C)C)c1. The number of hydrogen-bond acceptors (Lipinski definition) is 4. The van der Waals surface area contributed by atoms with E-state index in [1.54, 1.807) is 0 Å². The molecule has 2 atom stereocenters. The normalized spacial score (nSPS) is 14.2. The molecule has 0 aliphatic heterocycles. The van der Waals surface area contributed by atoms with Gasteiger partial charge in [-0.1, -0.05) is 168 Å². The molecule has 0 heterocycles. The molecule has 4 rings (SSSR count). The molecule has 0 unspecified atom stereocenters. The molecule has 0 saturated carbocycles. The molecular weight excluding hydrogens is 588 g/mol. The first kappa shape index (κ1) is 37.2. The summed E-state index contributed by atoms with van der Waals surface area (Å²) in [5, 5.41) is 31.0. The van der Waals surface area contributed by atoms with Crippen LogP contribution in [0, 0.1) is 0 Å². The van der Waals surface area contributed by atoms with Gasteiger partial charge in [0.1, 0.15) is 11.5 Å². The Balaban J connectivity index is 1.80. The lowest BCUT2D eigenvalue weighted by molar-refractivity contribution is 0.369. The zero-order chi connectivity index (χ0) is 35.7. The second kappa shape index (κ2) is 14.1. The topological polar surface area (TPSA) is 64.5 Å². The monoisotopic (exact) mass is 648 g/mol. The number of nitrogens with one attached hydrogen (secondary N) is 2. The second-order valence-electron chi connectivity index (χ2n) is 17.6. The van der Waals surface area contributed by atoms with E-state index in [1.165, 1.54) is 11.1 Å². The minimum Gasteiger partial charge on any atom is -0.507 e. The Kier molecular flexibility index (Phi) is 10.9. The summed E-state index contributed by atoms with van der Waals surface area (Å²) in [4.78, 5) is 0. The highest BCUT2D eigenvalue weighted by atomic mass is 16.3. The van der Waals surface area contributed by atoms with Crippen LogP contribution in [-0.4, -0.2) is 10.2 Å². The molecule has 0 saturated heterocycles. The molecule has 0 amide bonds. The maximum absolute atomic E-state index is 11.6. The largest absolute Gasteiger partial charge is 0.507 e. The molecule has 258 valence electrons. The average Bonchev–Trinajstić information content (AvgIpc) is 2.98. The van der Waals surface area contributed by atoms with Gasteiger partial charge in [0.05, 0.1) is 12.1 Å². The molecule has 0 aliphatic rings. The van der Waals surface area contributed by atoms with Crippen molar-refractivity contribution in [3.63, 3.8) is 0 Å². The Labute approximate surface area is 291 Å². The predicted molar refractivity (Wildman–Crippen MR) is 203 cm³/mol. The van der Waals surface area contributed by atoms with Crippen LogP contribution in [0.25, 0.3) is 0 Å². The minimum atomic E-state index is -0.206. The molecule has 0 spiro atoms. The van der Waals surface area contributed by atoms with Crippen molar-refractivity contribution >= 4 is 0 Å². The summed E-state index contributed by atoms with van der Waals surface area (Å²) in [6, 6.07) is 29.4. The van der Waals surface area contributed by atoms with Gasteiger partial charge in [0, 0.05) is 24.2 Å². The molecule has 4 aromatic rings. The molecular formula is C44H60N2O2. The lowest BCUT2D eigenvalue weighted by Crippen LogP contribution is -2.35. The van der Waals surface area contributed by atoms with E-state index in [-0.39, 0.29) is 33.7 Å². The number of benzene rings is 4. The van der Waals surface area contributed by atoms with Gasteiger partial charge in [0.15, 0.2) is 0 Å². The van der Waals surface area contributed by atoms with Gasteiger partial charge in [-0.25, -0.2) is 0 Å². The third-order valence-corrected chi connectivity index (χ3v) is 9.40. The van der Waals surface area contributed by atoms with Crippen molar-refractivity contribution in [2.24, 2.45) is 0 Å². The fourth-order valence-electron chi connectivity index (χ4n) is 6.28. The van der Waals surface area contributed by atoms with Gasteiger partial charge in [-0.05, 0) is 55.0 Å². The predicted octanol–water partition coefficient (Wildman–Crippen LogP) is 10.6. The number of aromatic hydroxyl groups is 2. The maximum atomic E-state index is 11.6.